The molecule has 0 spiro atoms. The Labute approximate surface area is 111 Å². The van der Waals surface area contributed by atoms with Gasteiger partial charge in [0.05, 0.1) is 18.3 Å². The molecule has 4 N–H and O–H groups in total. The molecule has 2 rings (SSSR count). The minimum atomic E-state index is -0.238. The van der Waals surface area contributed by atoms with Gasteiger partial charge in [0, 0.05) is 5.56 Å². The molecule has 0 atom stereocenters. The van der Waals surface area contributed by atoms with E-state index in [9.17, 15) is 9.90 Å². The lowest BCUT2D eigenvalue weighted by Gasteiger charge is -2.07. The standard InChI is InChI=1S/C14H15N3O2/c1-9-6-13(16-8-11(9)15)17-14(19)7-10-4-2-3-5-12(10)18/h2-6,8,18H,7,15H2,1H3,(H,16,17,19). The van der Waals surface area contributed by atoms with Crippen molar-refractivity contribution < 1.29 is 9.90 Å². The second-order valence-corrected chi connectivity index (χ2v) is 4.28. The average Bonchev–Trinajstić information content (AvgIpc) is 2.37. The maximum atomic E-state index is 11.8. The van der Waals surface area contributed by atoms with E-state index in [0.717, 1.165) is 5.56 Å². The summed E-state index contributed by atoms with van der Waals surface area (Å²) in [5.41, 5.74) is 7.67. The van der Waals surface area contributed by atoms with Crippen LogP contribution >= 0.6 is 0 Å². The van der Waals surface area contributed by atoms with Gasteiger partial charge in [-0.2, -0.15) is 0 Å². The quantitative estimate of drug-likeness (QED) is 0.783. The van der Waals surface area contributed by atoms with Crippen molar-refractivity contribution in [3.8, 4) is 5.75 Å². The van der Waals surface area contributed by atoms with Crippen LogP contribution in [-0.4, -0.2) is 16.0 Å². The van der Waals surface area contributed by atoms with E-state index in [4.69, 9.17) is 5.73 Å². The molecule has 0 radical (unpaired) electrons. The van der Waals surface area contributed by atoms with E-state index < -0.39 is 0 Å². The monoisotopic (exact) mass is 257 g/mol. The van der Waals surface area contributed by atoms with Crippen LogP contribution in [0.25, 0.3) is 0 Å². The summed E-state index contributed by atoms with van der Waals surface area (Å²) in [6.07, 6.45) is 1.60. The summed E-state index contributed by atoms with van der Waals surface area (Å²) >= 11 is 0. The number of pyridine rings is 1. The van der Waals surface area contributed by atoms with E-state index in [-0.39, 0.29) is 18.1 Å². The molecule has 0 unspecified atom stereocenters. The van der Waals surface area contributed by atoms with Crippen LogP contribution in [0.2, 0.25) is 0 Å². The van der Waals surface area contributed by atoms with Crippen molar-refractivity contribution in [3.63, 3.8) is 0 Å². The summed E-state index contributed by atoms with van der Waals surface area (Å²) in [6, 6.07) is 8.44. The fourth-order valence-corrected chi connectivity index (χ4v) is 1.66. The number of phenols is 1. The SMILES string of the molecule is Cc1cc(NC(=O)Cc2ccccc2O)ncc1N. The number of hydrogen-bond acceptors (Lipinski definition) is 4. The molecule has 1 heterocycles. The summed E-state index contributed by atoms with van der Waals surface area (Å²) in [7, 11) is 0. The molecule has 1 aromatic carbocycles. The summed E-state index contributed by atoms with van der Waals surface area (Å²) in [4.78, 5) is 15.9. The molecule has 0 aliphatic rings. The van der Waals surface area contributed by atoms with Crippen molar-refractivity contribution in [1.82, 2.24) is 4.98 Å². The number of aromatic nitrogens is 1. The zero-order chi connectivity index (χ0) is 13.8. The van der Waals surface area contributed by atoms with Gasteiger partial charge in [-0.1, -0.05) is 18.2 Å². The van der Waals surface area contributed by atoms with Crippen molar-refractivity contribution in [1.29, 1.82) is 0 Å². The number of aryl methyl sites for hydroxylation is 1. The maximum absolute atomic E-state index is 11.8. The van der Waals surface area contributed by atoms with Gasteiger partial charge < -0.3 is 16.2 Å². The number of benzene rings is 1. The number of nitrogens with one attached hydrogen (secondary N) is 1. The fourth-order valence-electron chi connectivity index (χ4n) is 1.66. The van der Waals surface area contributed by atoms with E-state index in [0.29, 0.717) is 17.1 Å². The molecule has 0 bridgehead atoms. The number of carbonyl (C=O) groups is 1. The predicted octanol–water partition coefficient (Wildman–Crippen LogP) is 1.86. The van der Waals surface area contributed by atoms with Crippen LogP contribution in [0.3, 0.4) is 0 Å². The number of amides is 1. The molecule has 98 valence electrons. The van der Waals surface area contributed by atoms with E-state index in [2.05, 4.69) is 10.3 Å². The molecule has 0 saturated carbocycles. The highest BCUT2D eigenvalue weighted by Gasteiger charge is 2.08. The Hall–Kier alpha value is -2.56. The number of anilines is 2. The lowest BCUT2D eigenvalue weighted by Crippen LogP contribution is -2.15. The molecule has 1 amide bonds. The molecule has 5 nitrogen and oxygen atoms in total. The van der Waals surface area contributed by atoms with Gasteiger partial charge in [0.25, 0.3) is 0 Å². The summed E-state index contributed by atoms with van der Waals surface area (Å²) in [5, 5.41) is 12.3. The van der Waals surface area contributed by atoms with Crippen LogP contribution in [0.1, 0.15) is 11.1 Å². The molecule has 0 saturated heterocycles. The van der Waals surface area contributed by atoms with Gasteiger partial charge in [-0.25, -0.2) is 4.98 Å². The molecular weight excluding hydrogens is 242 g/mol. The number of phenolic OH excluding ortho intramolecular Hbond substituents is 1. The first-order chi connectivity index (χ1) is 9.06. The second-order valence-electron chi connectivity index (χ2n) is 4.28. The Morgan fingerprint density at radius 3 is 2.84 bits per heavy atom. The zero-order valence-electron chi connectivity index (χ0n) is 10.6. The Kier molecular flexibility index (Phi) is 3.66. The van der Waals surface area contributed by atoms with Crippen molar-refractivity contribution in [3.05, 3.63) is 47.7 Å². The normalized spacial score (nSPS) is 10.2. The molecule has 0 aliphatic heterocycles. The predicted molar refractivity (Wildman–Crippen MR) is 73.8 cm³/mol. The van der Waals surface area contributed by atoms with Crippen LogP contribution in [0, 0.1) is 6.92 Å². The van der Waals surface area contributed by atoms with E-state index >= 15 is 0 Å². The fraction of sp³-hybridized carbons (Fsp3) is 0.143. The number of rotatable bonds is 3. The van der Waals surface area contributed by atoms with E-state index in [1.54, 1.807) is 30.3 Å². The lowest BCUT2D eigenvalue weighted by molar-refractivity contribution is -0.115. The Morgan fingerprint density at radius 2 is 2.16 bits per heavy atom. The van der Waals surface area contributed by atoms with Gasteiger partial charge in [-0.05, 0) is 24.6 Å². The Balaban J connectivity index is 2.05. The van der Waals surface area contributed by atoms with Gasteiger partial charge in [-0.15, -0.1) is 0 Å². The zero-order valence-corrected chi connectivity index (χ0v) is 10.6. The average molecular weight is 257 g/mol. The summed E-state index contributed by atoms with van der Waals surface area (Å²) < 4.78 is 0. The lowest BCUT2D eigenvalue weighted by atomic mass is 10.1. The molecule has 2 aromatic rings. The third-order valence-electron chi connectivity index (χ3n) is 2.76. The first kappa shape index (κ1) is 12.9. The minimum absolute atomic E-state index is 0.0950. The van der Waals surface area contributed by atoms with Crippen LogP contribution in [0.5, 0.6) is 5.75 Å². The van der Waals surface area contributed by atoms with Gasteiger partial charge in [0.1, 0.15) is 11.6 Å². The van der Waals surface area contributed by atoms with Gasteiger partial charge in [0.2, 0.25) is 5.91 Å². The first-order valence-electron chi connectivity index (χ1n) is 5.85. The van der Waals surface area contributed by atoms with Crippen molar-refractivity contribution in [2.24, 2.45) is 0 Å². The number of nitrogen functional groups attached to an aromatic ring is 1. The van der Waals surface area contributed by atoms with Crippen molar-refractivity contribution >= 4 is 17.4 Å². The third kappa shape index (κ3) is 3.22. The highest BCUT2D eigenvalue weighted by molar-refractivity contribution is 5.91. The summed E-state index contributed by atoms with van der Waals surface area (Å²) in [5.74, 6) is 0.324. The number of para-hydroxylation sites is 1. The Bertz CT molecular complexity index is 611. The minimum Gasteiger partial charge on any atom is -0.508 e. The van der Waals surface area contributed by atoms with Crippen molar-refractivity contribution in [2.75, 3.05) is 11.1 Å². The number of nitrogens with zero attached hydrogens (tertiary/aromatic N) is 1. The smallest absolute Gasteiger partial charge is 0.230 e. The van der Waals surface area contributed by atoms with Crippen molar-refractivity contribution in [2.45, 2.75) is 13.3 Å². The van der Waals surface area contributed by atoms with E-state index in [1.165, 1.54) is 6.20 Å². The first-order valence-corrected chi connectivity index (χ1v) is 5.85. The van der Waals surface area contributed by atoms with Crippen LogP contribution in [-0.2, 0) is 11.2 Å². The third-order valence-corrected chi connectivity index (χ3v) is 2.76. The Morgan fingerprint density at radius 1 is 1.42 bits per heavy atom. The molecule has 5 heteroatoms. The van der Waals surface area contributed by atoms with Crippen LogP contribution < -0.4 is 11.1 Å². The molecule has 19 heavy (non-hydrogen) atoms. The topological polar surface area (TPSA) is 88.2 Å². The van der Waals surface area contributed by atoms with Gasteiger partial charge >= 0.3 is 0 Å². The number of aromatic hydroxyl groups is 1. The second kappa shape index (κ2) is 5.39. The molecule has 0 aliphatic carbocycles. The highest BCUT2D eigenvalue weighted by atomic mass is 16.3. The summed E-state index contributed by atoms with van der Waals surface area (Å²) in [6.45, 7) is 1.84. The number of carbonyl (C=O) groups excluding carboxylic acids is 1. The van der Waals surface area contributed by atoms with E-state index in [1.807, 2.05) is 6.92 Å². The molecular formula is C14H15N3O2. The van der Waals surface area contributed by atoms with Gasteiger partial charge in [0.15, 0.2) is 0 Å². The van der Waals surface area contributed by atoms with Crippen LogP contribution in [0.15, 0.2) is 36.5 Å². The number of hydrogen-bond donors (Lipinski definition) is 3. The largest absolute Gasteiger partial charge is 0.508 e. The highest BCUT2D eigenvalue weighted by Crippen LogP contribution is 2.17. The molecule has 0 fully saturated rings. The van der Waals surface area contributed by atoms with Crippen LogP contribution in [0.4, 0.5) is 11.5 Å². The van der Waals surface area contributed by atoms with Gasteiger partial charge in [-0.3, -0.25) is 4.79 Å². The number of nitrogens with two attached hydrogens (primary N) is 1. The molecule has 1 aromatic heterocycles. The maximum Gasteiger partial charge on any atom is 0.230 e.